The second kappa shape index (κ2) is 13.4. The van der Waals surface area contributed by atoms with Gasteiger partial charge < -0.3 is 30.6 Å². The van der Waals surface area contributed by atoms with Crippen LogP contribution in [0.5, 0.6) is 11.8 Å². The van der Waals surface area contributed by atoms with Crippen molar-refractivity contribution in [3.05, 3.63) is 58.8 Å². The summed E-state index contributed by atoms with van der Waals surface area (Å²) in [6.45, 7) is 6.54. The molecule has 0 amide bonds. The molecular weight excluding hydrogens is 732 g/mol. The van der Waals surface area contributed by atoms with E-state index in [-0.39, 0.29) is 80.5 Å². The van der Waals surface area contributed by atoms with Crippen molar-refractivity contribution in [3.63, 3.8) is 0 Å². The number of rotatable bonds is 8. The minimum atomic E-state index is -5.20. The minimum absolute atomic E-state index is 0.0171. The van der Waals surface area contributed by atoms with Crippen molar-refractivity contribution in [2.24, 2.45) is 5.41 Å². The summed E-state index contributed by atoms with van der Waals surface area (Å²) in [4.78, 5) is 17.3. The molecule has 0 bridgehead atoms. The Labute approximate surface area is 310 Å². The fourth-order valence-corrected chi connectivity index (χ4v) is 8.51. The third-order valence-corrected chi connectivity index (χ3v) is 11.7. The van der Waals surface area contributed by atoms with Crippen molar-refractivity contribution in [2.75, 3.05) is 62.4 Å². The van der Waals surface area contributed by atoms with Gasteiger partial charge in [-0.15, -0.1) is 11.3 Å². The Morgan fingerprint density at radius 3 is 2.63 bits per heavy atom. The Kier molecular flexibility index (Phi) is 8.89. The molecule has 2 atom stereocenters. The number of pyridine rings is 1. The highest BCUT2D eigenvalue weighted by molar-refractivity contribution is 7.23. The molecule has 2 aromatic carbocycles. The summed E-state index contributed by atoms with van der Waals surface area (Å²) in [6, 6.07) is 6.56. The molecule has 282 valence electrons. The van der Waals surface area contributed by atoms with Gasteiger partial charge in [-0.3, -0.25) is 4.90 Å². The zero-order valence-corrected chi connectivity index (χ0v) is 30.1. The van der Waals surface area contributed by atoms with E-state index < -0.39 is 46.2 Å². The Balaban J connectivity index is 1.35. The average molecular weight is 767 g/mol. The van der Waals surface area contributed by atoms with Gasteiger partial charge in [0.15, 0.2) is 5.82 Å². The van der Waals surface area contributed by atoms with Gasteiger partial charge in [-0.2, -0.15) is 28.4 Å². The number of alkyl halides is 3. The molecule has 2 aliphatic heterocycles. The molecule has 0 spiro atoms. The summed E-state index contributed by atoms with van der Waals surface area (Å²) in [5, 5.41) is 9.26. The van der Waals surface area contributed by atoms with Gasteiger partial charge in [0.2, 0.25) is 0 Å². The number of ether oxygens (including phenoxy) is 3. The largest absolute Gasteiger partial charge is 0.490 e. The number of fused-ring (bicyclic) bond motifs is 1. The second-order valence-corrected chi connectivity index (χ2v) is 15.1. The first kappa shape index (κ1) is 36.0. The van der Waals surface area contributed by atoms with Crippen LogP contribution in [0.1, 0.15) is 49.4 Å². The van der Waals surface area contributed by atoms with E-state index in [1.165, 1.54) is 6.20 Å². The summed E-state index contributed by atoms with van der Waals surface area (Å²) in [7, 11) is 0. The monoisotopic (exact) mass is 766 g/mol. The molecule has 17 heteroatoms. The number of anilines is 3. The van der Waals surface area contributed by atoms with Crippen molar-refractivity contribution in [1.29, 1.82) is 5.26 Å². The summed E-state index contributed by atoms with van der Waals surface area (Å²) in [5.74, 6) is -2.76. The number of halogens is 5. The number of morpholine rings is 1. The van der Waals surface area contributed by atoms with Crippen molar-refractivity contribution in [1.82, 2.24) is 19.9 Å². The Morgan fingerprint density at radius 1 is 1.13 bits per heavy atom. The topological polar surface area (TPSA) is 149 Å². The molecule has 1 aliphatic carbocycles. The Bertz CT molecular complexity index is 2340. The molecule has 8 rings (SSSR count). The highest BCUT2D eigenvalue weighted by Gasteiger charge is 2.47. The maximum absolute atomic E-state index is 17.4. The molecule has 1 saturated heterocycles. The zero-order valence-electron chi connectivity index (χ0n) is 29.3. The highest BCUT2D eigenvalue weighted by Crippen LogP contribution is 2.54. The molecule has 11 nitrogen and oxygen atoms in total. The molecular formula is C37H35F5N8O3S. The van der Waals surface area contributed by atoms with Crippen LogP contribution in [0.25, 0.3) is 32.1 Å². The number of nitrogens with zero attached hydrogens (tertiary/aromatic N) is 6. The molecule has 5 aromatic rings. The SMILES string of the molecule is C[C@@H]1COCCN1CC1(COc2nc3c4c(c(C(F)(F)F)c(-c5ccc(F)c6sc(N)c(C#N)c56)c(F)c4n2)OCCN3[C@H](C)c2cccnc2N)CC1. The lowest BCUT2D eigenvalue weighted by atomic mass is 9.91. The Morgan fingerprint density at radius 2 is 1.93 bits per heavy atom. The van der Waals surface area contributed by atoms with E-state index in [1.807, 2.05) is 6.07 Å². The average Bonchev–Trinajstić information content (AvgIpc) is 3.86. The van der Waals surface area contributed by atoms with Crippen molar-refractivity contribution in [3.8, 4) is 29.0 Å². The lowest BCUT2D eigenvalue weighted by molar-refractivity contribution is -0.138. The van der Waals surface area contributed by atoms with Gasteiger partial charge in [0, 0.05) is 47.3 Å². The predicted molar refractivity (Wildman–Crippen MR) is 193 cm³/mol. The van der Waals surface area contributed by atoms with Gasteiger partial charge in [-0.1, -0.05) is 12.1 Å². The number of hydrogen-bond acceptors (Lipinski definition) is 12. The number of hydrogen-bond donors (Lipinski definition) is 2. The van der Waals surface area contributed by atoms with Gasteiger partial charge >= 0.3 is 12.2 Å². The molecule has 2 fully saturated rings. The molecule has 0 radical (unpaired) electrons. The van der Waals surface area contributed by atoms with E-state index in [9.17, 15) is 5.26 Å². The number of aromatic nitrogens is 3. The fraction of sp³-hybridized carbons (Fsp3) is 0.405. The third kappa shape index (κ3) is 6.06. The zero-order chi connectivity index (χ0) is 38.1. The summed E-state index contributed by atoms with van der Waals surface area (Å²) in [5.41, 5.74) is 9.03. The summed E-state index contributed by atoms with van der Waals surface area (Å²) in [6.07, 6.45) is -1.94. The van der Waals surface area contributed by atoms with E-state index in [0.717, 1.165) is 38.1 Å². The quantitative estimate of drug-likeness (QED) is 0.156. The van der Waals surface area contributed by atoms with Crippen LogP contribution in [0.3, 0.4) is 0 Å². The smallest absolute Gasteiger partial charge is 0.420 e. The van der Waals surface area contributed by atoms with Gasteiger partial charge in [0.1, 0.15) is 52.0 Å². The Hall–Kier alpha value is -5.05. The molecule has 4 N–H and O–H groups in total. The van der Waals surface area contributed by atoms with E-state index in [1.54, 1.807) is 24.0 Å². The lowest BCUT2D eigenvalue weighted by Crippen LogP contribution is -2.47. The van der Waals surface area contributed by atoms with Gasteiger partial charge in [-0.25, -0.2) is 13.8 Å². The van der Waals surface area contributed by atoms with E-state index in [4.69, 9.17) is 25.7 Å². The predicted octanol–water partition coefficient (Wildman–Crippen LogP) is 7.08. The van der Waals surface area contributed by atoms with E-state index in [0.29, 0.717) is 30.1 Å². The first-order chi connectivity index (χ1) is 25.8. The number of thiophene rings is 1. The number of nitriles is 1. The molecule has 5 heterocycles. The van der Waals surface area contributed by atoms with Gasteiger partial charge in [0.05, 0.1) is 48.1 Å². The second-order valence-electron chi connectivity index (χ2n) is 14.1. The normalized spacial score (nSPS) is 19.0. The molecule has 3 aliphatic rings. The minimum Gasteiger partial charge on any atom is -0.490 e. The van der Waals surface area contributed by atoms with Gasteiger partial charge in [0.25, 0.3) is 0 Å². The summed E-state index contributed by atoms with van der Waals surface area (Å²) < 4.78 is 96.5. The number of nitrogen functional groups attached to an aromatic ring is 2. The standard InChI is InChI=1S/C37H35F5N8O3S/c1-18-15-51-12-10-49(18)16-36(7-8-36)17-53-35-47-29-26-30(52-13-11-50(34(26)48-35)19(2)20-4-3-9-46-32(20)44)27(37(40,41)42)25(28(29)39)21-5-6-23(38)31-24(21)22(14-43)33(45)54-31/h3-6,9,18-19H,7-8,10-13,15-17,45H2,1-2H3,(H2,44,46)/t18-,19-/m1/s1. The van der Waals surface area contributed by atoms with E-state index in [2.05, 4.69) is 26.8 Å². The fourth-order valence-electron chi connectivity index (χ4n) is 7.56. The van der Waals surface area contributed by atoms with Crippen LogP contribution in [0.4, 0.5) is 38.6 Å². The molecule has 54 heavy (non-hydrogen) atoms. The molecule has 0 unspecified atom stereocenters. The van der Waals surface area contributed by atoms with Crippen LogP contribution in [-0.2, 0) is 10.9 Å². The van der Waals surface area contributed by atoms with Crippen LogP contribution in [0.2, 0.25) is 0 Å². The summed E-state index contributed by atoms with van der Waals surface area (Å²) >= 11 is 0.688. The number of benzene rings is 2. The van der Waals surface area contributed by atoms with Crippen molar-refractivity contribution >= 4 is 49.0 Å². The van der Waals surface area contributed by atoms with Gasteiger partial charge in [-0.05, 0) is 44.4 Å². The molecule has 3 aromatic heterocycles. The van der Waals surface area contributed by atoms with Crippen LogP contribution in [0.15, 0.2) is 30.5 Å². The first-order valence-electron chi connectivity index (χ1n) is 17.4. The van der Waals surface area contributed by atoms with Crippen LogP contribution in [-0.4, -0.2) is 72.0 Å². The number of nitrogens with two attached hydrogens (primary N) is 2. The first-order valence-corrected chi connectivity index (χ1v) is 18.2. The van der Waals surface area contributed by atoms with Crippen LogP contribution >= 0.6 is 11.3 Å². The lowest BCUT2D eigenvalue weighted by Gasteiger charge is -2.35. The highest BCUT2D eigenvalue weighted by atomic mass is 32.1. The van der Waals surface area contributed by atoms with Crippen molar-refractivity contribution in [2.45, 2.75) is 44.9 Å². The van der Waals surface area contributed by atoms with Crippen LogP contribution < -0.4 is 25.8 Å². The maximum atomic E-state index is 17.4. The van der Waals surface area contributed by atoms with E-state index >= 15 is 22.0 Å². The third-order valence-electron chi connectivity index (χ3n) is 10.6. The van der Waals surface area contributed by atoms with Crippen molar-refractivity contribution < 1.29 is 36.2 Å². The molecule has 1 saturated carbocycles. The maximum Gasteiger partial charge on any atom is 0.420 e. The van der Waals surface area contributed by atoms with Crippen LogP contribution in [0, 0.1) is 28.4 Å².